The van der Waals surface area contributed by atoms with Gasteiger partial charge in [0.2, 0.25) is 11.9 Å². The summed E-state index contributed by atoms with van der Waals surface area (Å²) in [5.41, 5.74) is 1.33. The molecule has 0 aliphatic rings. The number of halogens is 2. The molecule has 0 radical (unpaired) electrons. The van der Waals surface area contributed by atoms with E-state index in [0.717, 1.165) is 5.56 Å². The van der Waals surface area contributed by atoms with Crippen LogP contribution in [0.1, 0.15) is 18.4 Å². The topological polar surface area (TPSA) is 76.5 Å². The molecule has 1 aromatic heterocycles. The molecule has 1 aromatic carbocycles. The summed E-state index contributed by atoms with van der Waals surface area (Å²) in [7, 11) is 1.44. The van der Waals surface area contributed by atoms with Gasteiger partial charge in [0.25, 0.3) is 0 Å². The van der Waals surface area contributed by atoms with E-state index in [2.05, 4.69) is 20.4 Å². The lowest BCUT2D eigenvalue weighted by Gasteiger charge is -2.07. The van der Waals surface area contributed by atoms with Gasteiger partial charge in [0, 0.05) is 30.8 Å². The summed E-state index contributed by atoms with van der Waals surface area (Å²) in [5.74, 6) is 0.0392. The van der Waals surface area contributed by atoms with Gasteiger partial charge in [0.15, 0.2) is 0 Å². The van der Waals surface area contributed by atoms with Crippen molar-refractivity contribution in [1.29, 1.82) is 0 Å². The van der Waals surface area contributed by atoms with Gasteiger partial charge in [0.05, 0.1) is 15.8 Å². The molecular formula is C15H14Cl2N4O2. The maximum atomic E-state index is 11.9. The van der Waals surface area contributed by atoms with Crippen molar-refractivity contribution < 1.29 is 9.63 Å². The highest BCUT2D eigenvalue weighted by atomic mass is 35.5. The summed E-state index contributed by atoms with van der Waals surface area (Å²) in [6.07, 6.45) is 3.66. The first-order chi connectivity index (χ1) is 11.1. The third-order valence-electron chi connectivity index (χ3n) is 2.86. The van der Waals surface area contributed by atoms with E-state index in [9.17, 15) is 4.79 Å². The lowest BCUT2D eigenvalue weighted by Crippen LogP contribution is -2.15. The van der Waals surface area contributed by atoms with Gasteiger partial charge in [-0.25, -0.2) is 9.97 Å². The molecule has 1 heterocycles. The minimum Gasteiger partial charge on any atom is -0.399 e. The summed E-state index contributed by atoms with van der Waals surface area (Å²) in [6, 6.07) is 6.79. The number of oxime groups is 1. The fourth-order valence-electron chi connectivity index (χ4n) is 1.81. The highest BCUT2D eigenvalue weighted by molar-refractivity contribution is 6.42. The summed E-state index contributed by atoms with van der Waals surface area (Å²) in [6.45, 7) is 0. The first kappa shape index (κ1) is 17.2. The van der Waals surface area contributed by atoms with Crippen LogP contribution in [-0.2, 0) is 9.63 Å². The Morgan fingerprint density at radius 1 is 1.22 bits per heavy atom. The van der Waals surface area contributed by atoms with E-state index in [4.69, 9.17) is 28.0 Å². The van der Waals surface area contributed by atoms with E-state index < -0.39 is 0 Å². The van der Waals surface area contributed by atoms with Gasteiger partial charge < -0.3 is 4.84 Å². The Morgan fingerprint density at radius 3 is 2.61 bits per heavy atom. The first-order valence-corrected chi connectivity index (χ1v) is 7.48. The smallest absolute Gasteiger partial charge is 0.229 e. The van der Waals surface area contributed by atoms with Crippen LogP contribution in [0.25, 0.3) is 0 Å². The second-order valence-corrected chi connectivity index (χ2v) is 5.28. The summed E-state index contributed by atoms with van der Waals surface area (Å²) in [4.78, 5) is 24.6. The predicted molar refractivity (Wildman–Crippen MR) is 89.9 cm³/mol. The van der Waals surface area contributed by atoms with Crippen LogP contribution in [0.5, 0.6) is 0 Å². The van der Waals surface area contributed by atoms with Crippen molar-refractivity contribution in [2.75, 3.05) is 12.4 Å². The molecule has 0 saturated carbocycles. The summed E-state index contributed by atoms with van der Waals surface area (Å²) < 4.78 is 0. The molecule has 6 nitrogen and oxygen atoms in total. The zero-order chi connectivity index (χ0) is 16.7. The van der Waals surface area contributed by atoms with E-state index in [1.54, 1.807) is 36.7 Å². The molecule has 0 unspecified atom stereocenters. The summed E-state index contributed by atoms with van der Waals surface area (Å²) >= 11 is 11.9. The first-order valence-electron chi connectivity index (χ1n) is 6.72. The molecule has 0 aliphatic heterocycles. The average Bonchev–Trinajstić information content (AvgIpc) is 2.55. The van der Waals surface area contributed by atoms with E-state index in [1.807, 2.05) is 0 Å². The van der Waals surface area contributed by atoms with Crippen molar-refractivity contribution in [3.8, 4) is 0 Å². The van der Waals surface area contributed by atoms with E-state index >= 15 is 0 Å². The SMILES string of the molecule is CON=C(CCC(=O)Nc1ncccn1)c1ccc(Cl)c(Cl)c1. The number of anilines is 1. The Kier molecular flexibility index (Phi) is 6.31. The van der Waals surface area contributed by atoms with Crippen LogP contribution in [0.3, 0.4) is 0 Å². The molecule has 0 fully saturated rings. The Balaban J connectivity index is 2.01. The third-order valence-corrected chi connectivity index (χ3v) is 3.60. The fourth-order valence-corrected chi connectivity index (χ4v) is 2.11. The molecule has 0 spiro atoms. The largest absolute Gasteiger partial charge is 0.399 e. The van der Waals surface area contributed by atoms with Crippen molar-refractivity contribution in [3.63, 3.8) is 0 Å². The summed E-state index contributed by atoms with van der Waals surface area (Å²) in [5, 5.41) is 7.42. The zero-order valence-electron chi connectivity index (χ0n) is 12.3. The van der Waals surface area contributed by atoms with Gasteiger partial charge in [0.1, 0.15) is 7.11 Å². The van der Waals surface area contributed by atoms with Crippen molar-refractivity contribution in [3.05, 3.63) is 52.3 Å². The molecular weight excluding hydrogens is 339 g/mol. The van der Waals surface area contributed by atoms with Crippen LogP contribution in [-0.4, -0.2) is 28.7 Å². The Morgan fingerprint density at radius 2 is 1.96 bits per heavy atom. The van der Waals surface area contributed by atoms with Crippen LogP contribution < -0.4 is 5.32 Å². The number of benzene rings is 1. The maximum absolute atomic E-state index is 11.9. The van der Waals surface area contributed by atoms with E-state index in [-0.39, 0.29) is 18.3 Å². The van der Waals surface area contributed by atoms with Gasteiger partial charge >= 0.3 is 0 Å². The fraction of sp³-hybridized carbons (Fsp3) is 0.200. The van der Waals surface area contributed by atoms with E-state index in [0.29, 0.717) is 22.2 Å². The van der Waals surface area contributed by atoms with E-state index in [1.165, 1.54) is 7.11 Å². The number of hydrogen-bond donors (Lipinski definition) is 1. The Labute approximate surface area is 143 Å². The molecule has 0 bridgehead atoms. The van der Waals surface area contributed by atoms with Crippen molar-refractivity contribution in [2.45, 2.75) is 12.8 Å². The van der Waals surface area contributed by atoms with Crippen molar-refractivity contribution >= 4 is 40.8 Å². The zero-order valence-corrected chi connectivity index (χ0v) is 13.8. The molecule has 0 atom stereocenters. The molecule has 2 rings (SSSR count). The minimum atomic E-state index is -0.222. The number of nitrogens with zero attached hydrogens (tertiary/aromatic N) is 3. The standard InChI is InChI=1S/C15H14Cl2N4O2/c1-23-21-13(10-3-4-11(16)12(17)9-10)5-6-14(22)20-15-18-7-2-8-19-15/h2-4,7-9H,5-6H2,1H3,(H,18,19,20,22). The second kappa shape index (κ2) is 8.45. The average molecular weight is 353 g/mol. The lowest BCUT2D eigenvalue weighted by atomic mass is 10.1. The quantitative estimate of drug-likeness (QED) is 0.636. The predicted octanol–water partition coefficient (Wildman–Crippen LogP) is 3.55. The number of hydrogen-bond acceptors (Lipinski definition) is 5. The number of carbonyl (C=O) groups excluding carboxylic acids is 1. The van der Waals surface area contributed by atoms with Crippen LogP contribution in [0, 0.1) is 0 Å². The van der Waals surface area contributed by atoms with Crippen LogP contribution in [0.4, 0.5) is 5.95 Å². The second-order valence-electron chi connectivity index (χ2n) is 4.47. The van der Waals surface area contributed by atoms with Gasteiger partial charge in [-0.15, -0.1) is 0 Å². The van der Waals surface area contributed by atoms with Crippen LogP contribution in [0.15, 0.2) is 41.8 Å². The molecule has 120 valence electrons. The molecule has 2 aromatic rings. The number of aromatic nitrogens is 2. The highest BCUT2D eigenvalue weighted by Gasteiger charge is 2.11. The number of nitrogens with one attached hydrogen (secondary N) is 1. The van der Waals surface area contributed by atoms with Crippen LogP contribution >= 0.6 is 23.2 Å². The number of rotatable bonds is 6. The molecule has 1 N–H and O–H groups in total. The van der Waals surface area contributed by atoms with Crippen LogP contribution in [0.2, 0.25) is 10.0 Å². The normalized spacial score (nSPS) is 11.2. The molecule has 23 heavy (non-hydrogen) atoms. The lowest BCUT2D eigenvalue weighted by molar-refractivity contribution is -0.116. The monoisotopic (exact) mass is 352 g/mol. The van der Waals surface area contributed by atoms with Gasteiger partial charge in [-0.1, -0.05) is 34.4 Å². The minimum absolute atomic E-state index is 0.195. The molecule has 8 heteroatoms. The van der Waals surface area contributed by atoms with Crippen molar-refractivity contribution in [1.82, 2.24) is 9.97 Å². The Hall–Kier alpha value is -2.18. The molecule has 1 amide bonds. The van der Waals surface area contributed by atoms with Gasteiger partial charge in [-0.3, -0.25) is 10.1 Å². The number of carbonyl (C=O) groups is 1. The highest BCUT2D eigenvalue weighted by Crippen LogP contribution is 2.23. The number of amides is 1. The van der Waals surface area contributed by atoms with Gasteiger partial charge in [-0.05, 0) is 18.2 Å². The van der Waals surface area contributed by atoms with Crippen molar-refractivity contribution in [2.24, 2.45) is 5.16 Å². The Bertz CT molecular complexity index is 708. The van der Waals surface area contributed by atoms with Gasteiger partial charge in [-0.2, -0.15) is 0 Å². The molecule has 0 saturated heterocycles. The third kappa shape index (κ3) is 5.19. The molecule has 0 aliphatic carbocycles. The maximum Gasteiger partial charge on any atom is 0.229 e.